The zero-order valence-electron chi connectivity index (χ0n) is 5.37. The summed E-state index contributed by atoms with van der Waals surface area (Å²) in [6.45, 7) is 0.704. The summed E-state index contributed by atoms with van der Waals surface area (Å²) in [6.07, 6.45) is 4.14. The molecule has 1 aromatic rings. The van der Waals surface area contributed by atoms with Crippen LogP contribution in [0.3, 0.4) is 0 Å². The number of rotatable bonds is 0. The zero-order chi connectivity index (χ0) is 6.97. The van der Waals surface area contributed by atoms with Crippen molar-refractivity contribution in [1.82, 2.24) is 14.9 Å². The number of nitrogens with zero attached hydrogens (tertiary/aromatic N) is 2. The minimum absolute atomic E-state index is 0.0706. The first-order chi connectivity index (χ1) is 4.88. The Bertz CT molecular complexity index is 266. The first-order valence-electron chi connectivity index (χ1n) is 3.18. The summed E-state index contributed by atoms with van der Waals surface area (Å²) >= 11 is 0. The van der Waals surface area contributed by atoms with Crippen LogP contribution in [0, 0.1) is 0 Å². The second-order valence-electron chi connectivity index (χ2n) is 2.20. The molecule has 10 heavy (non-hydrogen) atoms. The predicted octanol–water partition coefficient (Wildman–Crippen LogP) is -0.00310. The van der Waals surface area contributed by atoms with E-state index >= 15 is 0 Å². The van der Waals surface area contributed by atoms with E-state index in [1.807, 2.05) is 0 Å². The van der Waals surface area contributed by atoms with Gasteiger partial charge in [-0.1, -0.05) is 0 Å². The lowest BCUT2D eigenvalue weighted by Crippen LogP contribution is -2.36. The molecule has 0 unspecified atom stereocenters. The van der Waals surface area contributed by atoms with Crippen LogP contribution in [0.1, 0.15) is 5.82 Å². The number of aromatic nitrogens is 2. The average molecular weight is 137 g/mol. The molecule has 0 aromatic carbocycles. The molecule has 1 amide bonds. The van der Waals surface area contributed by atoms with Crippen molar-refractivity contribution in [2.45, 2.75) is 6.42 Å². The Labute approximate surface area is 57.9 Å². The monoisotopic (exact) mass is 137 g/mol. The molecule has 0 aliphatic carbocycles. The van der Waals surface area contributed by atoms with E-state index in [-0.39, 0.29) is 6.03 Å². The van der Waals surface area contributed by atoms with E-state index in [4.69, 9.17) is 0 Å². The van der Waals surface area contributed by atoms with Gasteiger partial charge in [-0.15, -0.1) is 0 Å². The first-order valence-corrected chi connectivity index (χ1v) is 3.18. The van der Waals surface area contributed by atoms with Crippen molar-refractivity contribution in [1.29, 1.82) is 0 Å². The largest absolute Gasteiger partial charge is 0.337 e. The molecule has 1 N–H and O–H groups in total. The molecule has 4 heteroatoms. The molecule has 0 atom stereocenters. The van der Waals surface area contributed by atoms with Gasteiger partial charge in [0, 0.05) is 25.4 Å². The Morgan fingerprint density at radius 2 is 2.60 bits per heavy atom. The van der Waals surface area contributed by atoms with Gasteiger partial charge in [0.25, 0.3) is 0 Å². The van der Waals surface area contributed by atoms with Crippen molar-refractivity contribution in [3.63, 3.8) is 0 Å². The van der Waals surface area contributed by atoms with Crippen LogP contribution in [-0.4, -0.2) is 22.1 Å². The number of hydrogen-bond acceptors (Lipinski definition) is 2. The Balaban J connectivity index is 2.50. The summed E-state index contributed by atoms with van der Waals surface area (Å²) in [5, 5.41) is 2.71. The number of carbonyl (C=O) groups excluding carboxylic acids is 1. The van der Waals surface area contributed by atoms with E-state index in [9.17, 15) is 4.79 Å². The second-order valence-corrected chi connectivity index (χ2v) is 2.20. The fraction of sp³-hybridized carbons (Fsp3) is 0.333. The van der Waals surface area contributed by atoms with E-state index < -0.39 is 0 Å². The Morgan fingerprint density at radius 1 is 1.70 bits per heavy atom. The Kier molecular flexibility index (Phi) is 1.00. The highest BCUT2D eigenvalue weighted by atomic mass is 16.2. The minimum atomic E-state index is -0.0706. The van der Waals surface area contributed by atoms with Gasteiger partial charge in [-0.25, -0.2) is 9.78 Å². The molecule has 4 nitrogen and oxygen atoms in total. The van der Waals surface area contributed by atoms with Crippen LogP contribution in [0.2, 0.25) is 0 Å². The Hall–Kier alpha value is -1.32. The zero-order valence-corrected chi connectivity index (χ0v) is 5.37. The van der Waals surface area contributed by atoms with Gasteiger partial charge in [0.15, 0.2) is 0 Å². The predicted molar refractivity (Wildman–Crippen MR) is 34.7 cm³/mol. The Morgan fingerprint density at radius 3 is 3.40 bits per heavy atom. The van der Waals surface area contributed by atoms with Crippen molar-refractivity contribution in [3.05, 3.63) is 18.2 Å². The molecule has 0 fully saturated rings. The lowest BCUT2D eigenvalue weighted by molar-refractivity contribution is 0.239. The maximum Gasteiger partial charge on any atom is 0.327 e. The van der Waals surface area contributed by atoms with Crippen LogP contribution < -0.4 is 5.32 Å². The topological polar surface area (TPSA) is 46.9 Å². The SMILES string of the molecule is O=C1NCCc2nccn21. The highest BCUT2D eigenvalue weighted by molar-refractivity contribution is 5.78. The highest BCUT2D eigenvalue weighted by Gasteiger charge is 2.14. The van der Waals surface area contributed by atoms with Crippen molar-refractivity contribution < 1.29 is 4.79 Å². The first kappa shape index (κ1) is 5.46. The van der Waals surface area contributed by atoms with Gasteiger partial charge >= 0.3 is 6.03 Å². The van der Waals surface area contributed by atoms with Crippen molar-refractivity contribution >= 4 is 6.03 Å². The number of carbonyl (C=O) groups is 1. The van der Waals surface area contributed by atoms with Crippen LogP contribution in [0.25, 0.3) is 0 Å². The fourth-order valence-corrected chi connectivity index (χ4v) is 1.07. The molecular formula is C6H7N3O. The van der Waals surface area contributed by atoms with E-state index in [1.165, 1.54) is 4.57 Å². The molecule has 1 aromatic heterocycles. The van der Waals surface area contributed by atoms with Gasteiger partial charge in [0.2, 0.25) is 0 Å². The molecule has 1 aliphatic heterocycles. The van der Waals surface area contributed by atoms with Crippen LogP contribution in [0.5, 0.6) is 0 Å². The van der Waals surface area contributed by atoms with Gasteiger partial charge < -0.3 is 5.32 Å². The number of amides is 1. The number of hydrogen-bond donors (Lipinski definition) is 1. The normalized spacial score (nSPS) is 16.2. The fourth-order valence-electron chi connectivity index (χ4n) is 1.07. The second kappa shape index (κ2) is 1.83. The molecule has 2 heterocycles. The third kappa shape index (κ3) is 0.618. The maximum atomic E-state index is 11.0. The van der Waals surface area contributed by atoms with Crippen LogP contribution in [0.4, 0.5) is 4.79 Å². The maximum absolute atomic E-state index is 11.0. The molecule has 0 saturated carbocycles. The van der Waals surface area contributed by atoms with Crippen molar-refractivity contribution in [3.8, 4) is 0 Å². The molecule has 0 saturated heterocycles. The number of imidazole rings is 1. The lowest BCUT2D eigenvalue weighted by atomic mass is 10.3. The third-order valence-corrected chi connectivity index (χ3v) is 1.56. The summed E-state index contributed by atoms with van der Waals surface area (Å²) in [5.41, 5.74) is 0. The van der Waals surface area contributed by atoms with Crippen LogP contribution in [0.15, 0.2) is 12.4 Å². The smallest absolute Gasteiger partial charge is 0.327 e. The lowest BCUT2D eigenvalue weighted by Gasteiger charge is -2.12. The highest BCUT2D eigenvalue weighted by Crippen LogP contribution is 2.01. The molecule has 52 valence electrons. The molecule has 1 aliphatic rings. The van der Waals surface area contributed by atoms with Crippen LogP contribution in [-0.2, 0) is 6.42 Å². The van der Waals surface area contributed by atoms with Gasteiger partial charge in [0.05, 0.1) is 0 Å². The molecular weight excluding hydrogens is 130 g/mol. The summed E-state index contributed by atoms with van der Waals surface area (Å²) in [4.78, 5) is 15.0. The number of fused-ring (bicyclic) bond motifs is 1. The van der Waals surface area contributed by atoms with Crippen LogP contribution >= 0.6 is 0 Å². The summed E-state index contributed by atoms with van der Waals surface area (Å²) < 4.78 is 1.53. The van der Waals surface area contributed by atoms with Gasteiger partial charge in [0.1, 0.15) is 5.82 Å². The molecule has 0 radical (unpaired) electrons. The minimum Gasteiger partial charge on any atom is -0.337 e. The molecule has 0 spiro atoms. The van der Waals surface area contributed by atoms with E-state index in [0.717, 1.165) is 12.2 Å². The molecule has 2 rings (SSSR count). The average Bonchev–Trinajstić information content (AvgIpc) is 2.36. The van der Waals surface area contributed by atoms with E-state index in [2.05, 4.69) is 10.3 Å². The van der Waals surface area contributed by atoms with E-state index in [0.29, 0.717) is 6.54 Å². The van der Waals surface area contributed by atoms with Gasteiger partial charge in [-0.05, 0) is 0 Å². The quantitative estimate of drug-likeness (QED) is 0.547. The van der Waals surface area contributed by atoms with E-state index in [1.54, 1.807) is 12.4 Å². The third-order valence-electron chi connectivity index (χ3n) is 1.56. The summed E-state index contributed by atoms with van der Waals surface area (Å²) in [5.74, 6) is 0.851. The van der Waals surface area contributed by atoms with Gasteiger partial charge in [-0.2, -0.15) is 0 Å². The van der Waals surface area contributed by atoms with Gasteiger partial charge in [-0.3, -0.25) is 4.57 Å². The standard InChI is InChI=1S/C6H7N3O/c10-6-8-2-1-5-7-3-4-9(5)6/h3-4H,1-2H2,(H,8,10). The molecule has 0 bridgehead atoms. The van der Waals surface area contributed by atoms with Crippen molar-refractivity contribution in [2.75, 3.05) is 6.54 Å². The summed E-state index contributed by atoms with van der Waals surface area (Å²) in [6, 6.07) is -0.0706. The summed E-state index contributed by atoms with van der Waals surface area (Å²) in [7, 11) is 0. The van der Waals surface area contributed by atoms with Crippen molar-refractivity contribution in [2.24, 2.45) is 0 Å². The number of nitrogens with one attached hydrogen (secondary N) is 1.